The molecule has 1 rings (SSSR count). The van der Waals surface area contributed by atoms with E-state index in [1.807, 2.05) is 0 Å². The number of benzene rings is 1. The Morgan fingerprint density at radius 2 is 0.623 bits per heavy atom. The molecule has 0 spiro atoms. The minimum absolute atomic E-state index is 0. The van der Waals surface area contributed by atoms with Crippen LogP contribution in [0.3, 0.4) is 0 Å². The second-order valence-corrected chi connectivity index (χ2v) is 15.3. The van der Waals surface area contributed by atoms with Crippen molar-refractivity contribution in [1.82, 2.24) is 0 Å². The van der Waals surface area contributed by atoms with Gasteiger partial charge in [0.1, 0.15) is 0 Å². The molecule has 12 heteroatoms. The van der Waals surface area contributed by atoms with Gasteiger partial charge in [-0.3, -0.25) is 0 Å². The van der Waals surface area contributed by atoms with Gasteiger partial charge in [0.15, 0.2) is 11.5 Å². The first kappa shape index (κ1) is 57.7. The molecule has 0 aliphatic heterocycles. The fourth-order valence-electron chi connectivity index (χ4n) is 6.61. The number of esters is 3. The monoisotopic (exact) mass is 865 g/mol. The zero-order valence-electron chi connectivity index (χ0n) is 37.8. The zero-order valence-corrected chi connectivity index (χ0v) is 39.8. The van der Waals surface area contributed by atoms with E-state index in [1.54, 1.807) is 0 Å². The summed E-state index contributed by atoms with van der Waals surface area (Å²) >= 11 is 0. The summed E-state index contributed by atoms with van der Waals surface area (Å²) in [6.45, 7) is 12.9. The van der Waals surface area contributed by atoms with E-state index in [4.69, 9.17) is 28.4 Å². The van der Waals surface area contributed by atoms with Gasteiger partial charge in [-0.1, -0.05) is 155 Å². The average molecular weight is 865 g/mol. The van der Waals surface area contributed by atoms with Crippen LogP contribution in [0.5, 0.6) is 17.2 Å². The fraction of sp³-hybridized carbons (Fsp3) is 0.673. The summed E-state index contributed by atoms with van der Waals surface area (Å²) in [6.07, 6.45) is 32.0. The third-order valence-corrected chi connectivity index (χ3v) is 10.1. The molecule has 0 radical (unpaired) electrons. The molecule has 0 aliphatic rings. The Labute approximate surface area is 390 Å². The number of aromatic carboxylic acids is 1. The number of carboxylic acid groups (broad SMARTS) is 1. The second kappa shape index (κ2) is 42.0. The first-order chi connectivity index (χ1) is 29.3. The first-order valence-corrected chi connectivity index (χ1v) is 23.0. The van der Waals surface area contributed by atoms with Gasteiger partial charge in [-0.15, -0.1) is 0 Å². The number of rotatable bonds is 43. The van der Waals surface area contributed by atoms with Crippen LogP contribution < -0.4 is 48.9 Å². The minimum Gasteiger partial charge on any atom is -0.545 e. The Hall–Kier alpha value is -3.28. The van der Waals surface area contributed by atoms with Gasteiger partial charge in [0.2, 0.25) is 5.75 Å². The van der Waals surface area contributed by atoms with Crippen molar-refractivity contribution < 1.29 is 82.3 Å². The van der Waals surface area contributed by atoms with E-state index in [-0.39, 0.29) is 53.0 Å². The Morgan fingerprint density at radius 3 is 0.869 bits per heavy atom. The number of ether oxygens (including phenoxy) is 6. The molecular formula is C49H77NaO11. The van der Waals surface area contributed by atoms with Crippen molar-refractivity contribution in [2.75, 3.05) is 39.6 Å². The average Bonchev–Trinajstić information content (AvgIpc) is 3.25. The molecule has 0 aliphatic carbocycles. The van der Waals surface area contributed by atoms with Crippen LogP contribution in [0.1, 0.15) is 184 Å². The number of carbonyl (C=O) groups is 4. The summed E-state index contributed by atoms with van der Waals surface area (Å²) in [4.78, 5) is 45.4. The molecule has 0 bridgehead atoms. The SMILES string of the molecule is C=CC(=O)OCCCCCCCCCCCOc1cc(C(=O)[O-])cc(OCCCCCCCCCCCOC(=O)C=C)c1OCCCCCCCCCCCOC(=O)C=C.[Na+]. The van der Waals surface area contributed by atoms with Gasteiger partial charge in [-0.05, 0) is 50.7 Å². The molecule has 61 heavy (non-hydrogen) atoms. The summed E-state index contributed by atoms with van der Waals surface area (Å²) in [6, 6.07) is 2.99. The Morgan fingerprint density at radius 1 is 0.393 bits per heavy atom. The normalized spacial score (nSPS) is 10.6. The van der Waals surface area contributed by atoms with Crippen molar-refractivity contribution in [3.05, 3.63) is 55.7 Å². The largest absolute Gasteiger partial charge is 1.00 e. The maximum atomic E-state index is 12.0. The van der Waals surface area contributed by atoms with Gasteiger partial charge in [0.05, 0.1) is 45.6 Å². The van der Waals surface area contributed by atoms with E-state index in [1.165, 1.54) is 36.8 Å². The quantitative estimate of drug-likeness (QED) is 0.0208. The maximum absolute atomic E-state index is 12.0. The number of hydrogen-bond acceptors (Lipinski definition) is 11. The van der Waals surface area contributed by atoms with E-state index >= 15 is 0 Å². The molecule has 0 amide bonds. The van der Waals surface area contributed by atoms with Crippen LogP contribution in [0.15, 0.2) is 50.1 Å². The predicted molar refractivity (Wildman–Crippen MR) is 235 cm³/mol. The van der Waals surface area contributed by atoms with Crippen molar-refractivity contribution in [3.8, 4) is 17.2 Å². The molecule has 1 aromatic carbocycles. The van der Waals surface area contributed by atoms with Gasteiger partial charge < -0.3 is 38.3 Å². The standard InChI is InChI=1S/C49H78O11.Na/c1-4-45(50)57-36-30-24-18-12-7-10-16-22-28-34-55-43-40-42(49(53)54)41-44(56-35-29-23-17-11-8-13-19-25-31-37-58-46(51)5-2)48(43)60-39-33-27-21-15-9-14-20-26-32-38-59-47(52)6-3;/h4-6,40-41H,1-3,7-39H2,(H,53,54);/q;+1/p-1. The molecule has 0 saturated heterocycles. The van der Waals surface area contributed by atoms with Crippen LogP contribution in [0, 0.1) is 0 Å². The van der Waals surface area contributed by atoms with Crippen LogP contribution in [0.25, 0.3) is 0 Å². The smallest absolute Gasteiger partial charge is 0.545 e. The third-order valence-electron chi connectivity index (χ3n) is 10.1. The topological polar surface area (TPSA) is 147 Å². The minimum atomic E-state index is -1.29. The van der Waals surface area contributed by atoms with Crippen molar-refractivity contribution >= 4 is 23.9 Å². The molecule has 0 heterocycles. The van der Waals surface area contributed by atoms with Crippen molar-refractivity contribution in [1.29, 1.82) is 0 Å². The van der Waals surface area contributed by atoms with Crippen molar-refractivity contribution in [2.45, 2.75) is 173 Å². The third kappa shape index (κ3) is 34.0. The molecule has 340 valence electrons. The number of carboxylic acids is 1. The number of carbonyl (C=O) groups excluding carboxylic acids is 4. The van der Waals surface area contributed by atoms with Crippen LogP contribution in [-0.2, 0) is 28.6 Å². The second-order valence-electron chi connectivity index (χ2n) is 15.3. The summed E-state index contributed by atoms with van der Waals surface area (Å²) in [5, 5.41) is 12.0. The fourth-order valence-corrected chi connectivity index (χ4v) is 6.61. The van der Waals surface area contributed by atoms with E-state index in [2.05, 4.69) is 19.7 Å². The van der Waals surface area contributed by atoms with Gasteiger partial charge >= 0.3 is 47.5 Å². The number of hydrogen-bond donors (Lipinski definition) is 0. The van der Waals surface area contributed by atoms with Gasteiger partial charge in [-0.2, -0.15) is 0 Å². The predicted octanol–water partition coefficient (Wildman–Crippen LogP) is 7.91. The van der Waals surface area contributed by atoms with E-state index in [9.17, 15) is 24.3 Å². The summed E-state index contributed by atoms with van der Waals surface area (Å²) in [5.41, 5.74) is 0.00265. The first-order valence-electron chi connectivity index (χ1n) is 23.0. The van der Waals surface area contributed by atoms with Crippen LogP contribution in [0.4, 0.5) is 0 Å². The summed E-state index contributed by atoms with van der Waals surface area (Å²) in [5.74, 6) is -1.18. The van der Waals surface area contributed by atoms with Crippen LogP contribution >= 0.6 is 0 Å². The molecule has 11 nitrogen and oxygen atoms in total. The van der Waals surface area contributed by atoms with E-state index < -0.39 is 5.97 Å². The van der Waals surface area contributed by atoms with E-state index in [0.717, 1.165) is 167 Å². The van der Waals surface area contributed by atoms with Crippen molar-refractivity contribution in [3.63, 3.8) is 0 Å². The van der Waals surface area contributed by atoms with Crippen molar-refractivity contribution in [2.24, 2.45) is 0 Å². The maximum Gasteiger partial charge on any atom is 1.00 e. The van der Waals surface area contributed by atoms with Crippen LogP contribution in [-0.4, -0.2) is 63.5 Å². The van der Waals surface area contributed by atoms with Gasteiger partial charge in [0, 0.05) is 23.8 Å². The summed E-state index contributed by atoms with van der Waals surface area (Å²) in [7, 11) is 0. The molecule has 0 atom stereocenters. The molecular weight excluding hydrogens is 788 g/mol. The van der Waals surface area contributed by atoms with Gasteiger partial charge in [-0.25, -0.2) is 14.4 Å². The molecule has 0 aromatic heterocycles. The van der Waals surface area contributed by atoms with E-state index in [0.29, 0.717) is 56.9 Å². The van der Waals surface area contributed by atoms with Crippen LogP contribution in [0.2, 0.25) is 0 Å². The van der Waals surface area contributed by atoms with Gasteiger partial charge in [0.25, 0.3) is 0 Å². The molecule has 0 fully saturated rings. The molecule has 0 unspecified atom stereocenters. The Bertz CT molecular complexity index is 1260. The zero-order chi connectivity index (χ0) is 43.7. The number of unbranched alkanes of at least 4 members (excludes halogenated alkanes) is 24. The molecule has 0 N–H and O–H groups in total. The molecule has 1 aromatic rings. The Kier molecular flexibility index (Phi) is 39.8. The molecule has 0 saturated carbocycles. The Balaban J connectivity index is 0.0000360. The summed E-state index contributed by atoms with van der Waals surface area (Å²) < 4.78 is 33.7.